The normalized spacial score (nSPS) is 9.88. The molecule has 0 bridgehead atoms. The average Bonchev–Trinajstić information content (AvgIpc) is 2.29. The van der Waals surface area contributed by atoms with Crippen molar-refractivity contribution < 1.29 is 4.79 Å². The predicted octanol–water partition coefficient (Wildman–Crippen LogP) is 3.55. The van der Waals surface area contributed by atoms with E-state index in [0.717, 1.165) is 31.4 Å². The summed E-state index contributed by atoms with van der Waals surface area (Å²) in [7, 11) is 2.01. The fraction of sp³-hybridized carbons (Fsp3) is 0.308. The number of aldehydes is 1. The lowest BCUT2D eigenvalue weighted by atomic mass is 10.2. The lowest BCUT2D eigenvalue weighted by Gasteiger charge is -2.19. The van der Waals surface area contributed by atoms with Gasteiger partial charge < -0.3 is 4.90 Å². The highest BCUT2D eigenvalue weighted by Crippen LogP contribution is 2.22. The Morgan fingerprint density at radius 3 is 2.81 bits per heavy atom. The minimum absolute atomic E-state index is 0.503. The summed E-state index contributed by atoms with van der Waals surface area (Å²) in [5, 5.41) is 0.503. The molecule has 2 nitrogen and oxygen atoms in total. The van der Waals surface area contributed by atoms with E-state index in [1.54, 1.807) is 6.07 Å². The summed E-state index contributed by atoms with van der Waals surface area (Å²) < 4.78 is 0. The van der Waals surface area contributed by atoms with E-state index in [2.05, 4.69) is 11.5 Å². The number of hydrogen-bond donors (Lipinski definition) is 0. The molecule has 1 rings (SSSR count). The average molecular weight is 238 g/mol. The third kappa shape index (κ3) is 3.38. The Morgan fingerprint density at radius 2 is 2.25 bits per heavy atom. The fourth-order valence-electron chi connectivity index (χ4n) is 1.45. The molecule has 0 aliphatic carbocycles. The van der Waals surface area contributed by atoms with Gasteiger partial charge in [-0.2, -0.15) is 0 Å². The van der Waals surface area contributed by atoms with Crippen LogP contribution in [0.4, 0.5) is 5.69 Å². The molecular formula is C13H16ClNO. The highest BCUT2D eigenvalue weighted by atomic mass is 35.5. The molecule has 0 aromatic heterocycles. The van der Waals surface area contributed by atoms with Crippen molar-refractivity contribution in [2.75, 3.05) is 18.5 Å². The van der Waals surface area contributed by atoms with E-state index in [9.17, 15) is 4.79 Å². The van der Waals surface area contributed by atoms with Crippen LogP contribution >= 0.6 is 11.6 Å². The molecule has 0 heterocycles. The van der Waals surface area contributed by atoms with Crippen molar-refractivity contribution in [3.05, 3.63) is 41.4 Å². The Kier molecular flexibility index (Phi) is 5.06. The van der Waals surface area contributed by atoms with Crippen LogP contribution in [0.5, 0.6) is 0 Å². The van der Waals surface area contributed by atoms with Gasteiger partial charge in [0.2, 0.25) is 0 Å². The Balaban J connectivity index is 2.68. The van der Waals surface area contributed by atoms with Gasteiger partial charge in [-0.15, -0.1) is 6.58 Å². The van der Waals surface area contributed by atoms with Gasteiger partial charge in [-0.3, -0.25) is 4.79 Å². The molecule has 0 aliphatic heterocycles. The highest BCUT2D eigenvalue weighted by molar-refractivity contribution is 6.33. The van der Waals surface area contributed by atoms with Gasteiger partial charge in [0.25, 0.3) is 0 Å². The topological polar surface area (TPSA) is 20.3 Å². The molecule has 0 saturated heterocycles. The Morgan fingerprint density at radius 1 is 1.50 bits per heavy atom. The van der Waals surface area contributed by atoms with Crippen molar-refractivity contribution in [3.63, 3.8) is 0 Å². The molecule has 16 heavy (non-hydrogen) atoms. The van der Waals surface area contributed by atoms with Crippen molar-refractivity contribution in [1.82, 2.24) is 0 Å². The number of hydrogen-bond acceptors (Lipinski definition) is 2. The number of allylic oxidation sites excluding steroid dienone is 1. The van der Waals surface area contributed by atoms with E-state index < -0.39 is 0 Å². The van der Waals surface area contributed by atoms with E-state index >= 15 is 0 Å². The fourth-order valence-corrected chi connectivity index (χ4v) is 1.67. The molecule has 0 radical (unpaired) electrons. The molecule has 86 valence electrons. The van der Waals surface area contributed by atoms with E-state index in [0.29, 0.717) is 10.6 Å². The molecule has 0 unspecified atom stereocenters. The zero-order chi connectivity index (χ0) is 12.0. The molecule has 0 spiro atoms. The van der Waals surface area contributed by atoms with Crippen LogP contribution in [0.3, 0.4) is 0 Å². The number of nitrogens with zero attached hydrogens (tertiary/aromatic N) is 1. The zero-order valence-electron chi connectivity index (χ0n) is 9.45. The monoisotopic (exact) mass is 237 g/mol. The van der Waals surface area contributed by atoms with Crippen molar-refractivity contribution >= 4 is 23.6 Å². The third-order valence-corrected chi connectivity index (χ3v) is 2.78. The first-order valence-electron chi connectivity index (χ1n) is 5.25. The number of benzene rings is 1. The van der Waals surface area contributed by atoms with Crippen LogP contribution < -0.4 is 4.90 Å². The van der Waals surface area contributed by atoms with E-state index in [-0.39, 0.29) is 0 Å². The maximum atomic E-state index is 10.6. The van der Waals surface area contributed by atoms with Crippen LogP contribution in [0.1, 0.15) is 23.2 Å². The number of rotatable bonds is 6. The molecule has 0 aliphatic rings. The van der Waals surface area contributed by atoms with Gasteiger partial charge in [-0.1, -0.05) is 17.7 Å². The van der Waals surface area contributed by atoms with Gasteiger partial charge in [0.1, 0.15) is 0 Å². The van der Waals surface area contributed by atoms with Gasteiger partial charge in [-0.05, 0) is 31.0 Å². The van der Waals surface area contributed by atoms with E-state index in [1.807, 2.05) is 25.3 Å². The maximum absolute atomic E-state index is 10.6. The molecular weight excluding hydrogens is 222 g/mol. The second kappa shape index (κ2) is 6.33. The van der Waals surface area contributed by atoms with Crippen LogP contribution in [0, 0.1) is 0 Å². The summed E-state index contributed by atoms with van der Waals surface area (Å²) in [4.78, 5) is 12.7. The van der Waals surface area contributed by atoms with Crippen LogP contribution in [0.25, 0.3) is 0 Å². The number of carbonyl (C=O) groups is 1. The van der Waals surface area contributed by atoms with Crippen LogP contribution in [0.2, 0.25) is 5.02 Å². The molecule has 0 N–H and O–H groups in total. The smallest absolute Gasteiger partial charge is 0.151 e. The molecule has 0 saturated carbocycles. The van der Waals surface area contributed by atoms with Crippen molar-refractivity contribution in [2.24, 2.45) is 0 Å². The number of carbonyl (C=O) groups excluding carboxylic acids is 1. The van der Waals surface area contributed by atoms with Gasteiger partial charge in [0.15, 0.2) is 6.29 Å². The lowest BCUT2D eigenvalue weighted by Crippen LogP contribution is -2.18. The summed E-state index contributed by atoms with van der Waals surface area (Å²) in [6.07, 6.45) is 4.75. The van der Waals surface area contributed by atoms with Crippen molar-refractivity contribution in [2.45, 2.75) is 12.8 Å². The molecule has 0 amide bonds. The predicted molar refractivity (Wildman–Crippen MR) is 69.5 cm³/mol. The van der Waals surface area contributed by atoms with Gasteiger partial charge in [0.05, 0.1) is 5.02 Å². The zero-order valence-corrected chi connectivity index (χ0v) is 10.2. The van der Waals surface area contributed by atoms with Gasteiger partial charge in [0, 0.05) is 24.8 Å². The van der Waals surface area contributed by atoms with Crippen LogP contribution in [-0.4, -0.2) is 19.9 Å². The molecule has 0 fully saturated rings. The Hall–Kier alpha value is -1.28. The first-order chi connectivity index (χ1) is 7.69. The lowest BCUT2D eigenvalue weighted by molar-refractivity contribution is 0.112. The maximum Gasteiger partial charge on any atom is 0.151 e. The summed E-state index contributed by atoms with van der Waals surface area (Å²) >= 11 is 5.96. The summed E-state index contributed by atoms with van der Waals surface area (Å²) in [6.45, 7) is 4.64. The van der Waals surface area contributed by atoms with E-state index in [1.165, 1.54) is 0 Å². The van der Waals surface area contributed by atoms with E-state index in [4.69, 9.17) is 11.6 Å². The van der Waals surface area contributed by atoms with Gasteiger partial charge in [-0.25, -0.2) is 0 Å². The second-order valence-corrected chi connectivity index (χ2v) is 4.08. The number of anilines is 1. The standard InChI is InChI=1S/C13H16ClNO/c1-3-4-5-8-15(2)12-7-6-11(10-16)13(14)9-12/h3,6-7,9-10H,1,4-5,8H2,2H3. The molecule has 1 aromatic carbocycles. The highest BCUT2D eigenvalue weighted by Gasteiger charge is 2.04. The van der Waals surface area contributed by atoms with Gasteiger partial charge >= 0.3 is 0 Å². The molecule has 0 atom stereocenters. The minimum Gasteiger partial charge on any atom is -0.375 e. The first kappa shape index (κ1) is 12.8. The quantitative estimate of drug-likeness (QED) is 0.428. The first-order valence-corrected chi connectivity index (χ1v) is 5.63. The largest absolute Gasteiger partial charge is 0.375 e. The van der Waals surface area contributed by atoms with Crippen molar-refractivity contribution in [1.29, 1.82) is 0 Å². The Labute approximate surface area is 102 Å². The number of unbranched alkanes of at least 4 members (excludes halogenated alkanes) is 1. The van der Waals surface area contributed by atoms with Crippen LogP contribution in [-0.2, 0) is 0 Å². The number of halogens is 1. The Bertz CT molecular complexity index is 376. The third-order valence-electron chi connectivity index (χ3n) is 2.45. The van der Waals surface area contributed by atoms with Crippen LogP contribution in [0.15, 0.2) is 30.9 Å². The molecule has 1 aromatic rings. The second-order valence-electron chi connectivity index (χ2n) is 3.68. The summed E-state index contributed by atoms with van der Waals surface area (Å²) in [6, 6.07) is 5.47. The summed E-state index contributed by atoms with van der Waals surface area (Å²) in [5.74, 6) is 0. The minimum atomic E-state index is 0.503. The SMILES string of the molecule is C=CCCCN(C)c1ccc(C=O)c(Cl)c1. The van der Waals surface area contributed by atoms with Crippen molar-refractivity contribution in [3.8, 4) is 0 Å². The molecule has 3 heteroatoms. The summed E-state index contributed by atoms with van der Waals surface area (Å²) in [5.41, 5.74) is 1.56.